The smallest absolute Gasteiger partial charge is 0.239 e. The van der Waals surface area contributed by atoms with Crippen LogP contribution in [-0.2, 0) is 4.79 Å². The van der Waals surface area contributed by atoms with Gasteiger partial charge in [-0.05, 0) is 6.92 Å². The fourth-order valence-electron chi connectivity index (χ4n) is 0.562. The maximum Gasteiger partial charge on any atom is 0.239 e. The number of hydrogen-bond donors (Lipinski definition) is 1. The predicted molar refractivity (Wildman–Crippen MR) is 40.1 cm³/mol. The van der Waals surface area contributed by atoms with Crippen molar-refractivity contribution in [2.45, 2.75) is 13.0 Å². The maximum atomic E-state index is 10.9. The summed E-state index contributed by atoms with van der Waals surface area (Å²) in [7, 11) is 1.63. The number of terminal acetylenes is 1. The van der Waals surface area contributed by atoms with Gasteiger partial charge < -0.3 is 10.6 Å². The largest absolute Gasteiger partial charge is 0.333 e. The van der Waals surface area contributed by atoms with Crippen molar-refractivity contribution in [1.82, 2.24) is 4.90 Å². The molecule has 0 spiro atoms. The predicted octanol–water partition coefficient (Wildman–Crippen LogP) is -0.575. The molecular formula is C7H12N2O. The van der Waals surface area contributed by atoms with Crippen molar-refractivity contribution >= 4 is 5.91 Å². The number of amides is 1. The molecule has 0 aliphatic heterocycles. The monoisotopic (exact) mass is 140 g/mol. The summed E-state index contributed by atoms with van der Waals surface area (Å²) < 4.78 is 0. The van der Waals surface area contributed by atoms with Gasteiger partial charge in [0.05, 0.1) is 12.6 Å². The molecule has 3 nitrogen and oxygen atoms in total. The van der Waals surface area contributed by atoms with Crippen molar-refractivity contribution in [3.8, 4) is 12.3 Å². The third kappa shape index (κ3) is 2.51. The van der Waals surface area contributed by atoms with Crippen molar-refractivity contribution in [3.05, 3.63) is 0 Å². The quantitative estimate of drug-likeness (QED) is 0.522. The van der Waals surface area contributed by atoms with Crippen LogP contribution >= 0.6 is 0 Å². The number of nitrogens with two attached hydrogens (primary N) is 1. The Morgan fingerprint density at radius 3 is 2.70 bits per heavy atom. The fourth-order valence-corrected chi connectivity index (χ4v) is 0.562. The Labute approximate surface area is 61.2 Å². The third-order valence-corrected chi connectivity index (χ3v) is 1.09. The molecule has 56 valence electrons. The molecule has 10 heavy (non-hydrogen) atoms. The van der Waals surface area contributed by atoms with Crippen LogP contribution in [0.5, 0.6) is 0 Å². The van der Waals surface area contributed by atoms with Gasteiger partial charge in [0.25, 0.3) is 0 Å². The van der Waals surface area contributed by atoms with Crippen molar-refractivity contribution < 1.29 is 4.79 Å². The summed E-state index contributed by atoms with van der Waals surface area (Å²) in [6, 6.07) is -0.460. The molecule has 2 N–H and O–H groups in total. The van der Waals surface area contributed by atoms with Gasteiger partial charge in [-0.25, -0.2) is 0 Å². The first-order valence-corrected chi connectivity index (χ1v) is 3.03. The van der Waals surface area contributed by atoms with E-state index >= 15 is 0 Å². The van der Waals surface area contributed by atoms with Crippen molar-refractivity contribution in [2.24, 2.45) is 5.73 Å². The molecule has 0 saturated heterocycles. The van der Waals surface area contributed by atoms with E-state index in [2.05, 4.69) is 5.92 Å². The van der Waals surface area contributed by atoms with Crippen LogP contribution in [0.15, 0.2) is 0 Å². The van der Waals surface area contributed by atoms with Gasteiger partial charge in [-0.15, -0.1) is 6.42 Å². The standard InChI is InChI=1S/C7H12N2O/c1-4-5-9(3)7(10)6(2)8/h1,6H,5,8H2,2-3H3/t6-/m0/s1. The van der Waals surface area contributed by atoms with Gasteiger partial charge in [0.2, 0.25) is 5.91 Å². The second-order valence-corrected chi connectivity index (χ2v) is 2.19. The molecule has 1 atom stereocenters. The Morgan fingerprint density at radius 2 is 2.40 bits per heavy atom. The second kappa shape index (κ2) is 3.91. The highest BCUT2D eigenvalue weighted by Crippen LogP contribution is 1.86. The van der Waals surface area contributed by atoms with Crippen molar-refractivity contribution in [2.75, 3.05) is 13.6 Å². The second-order valence-electron chi connectivity index (χ2n) is 2.19. The van der Waals surface area contributed by atoms with Crippen LogP contribution in [-0.4, -0.2) is 30.4 Å². The van der Waals surface area contributed by atoms with E-state index in [1.165, 1.54) is 4.90 Å². The summed E-state index contributed by atoms with van der Waals surface area (Å²) in [6.07, 6.45) is 4.98. The first-order chi connectivity index (χ1) is 4.59. The Morgan fingerprint density at radius 1 is 1.90 bits per heavy atom. The number of nitrogens with zero attached hydrogens (tertiary/aromatic N) is 1. The van der Waals surface area contributed by atoms with Gasteiger partial charge in [0.15, 0.2) is 0 Å². The minimum atomic E-state index is -0.460. The van der Waals surface area contributed by atoms with Crippen LogP contribution in [0, 0.1) is 12.3 Å². The molecule has 0 aliphatic rings. The van der Waals surface area contributed by atoms with E-state index in [9.17, 15) is 4.79 Å². The van der Waals surface area contributed by atoms with E-state index in [4.69, 9.17) is 12.2 Å². The molecule has 0 heterocycles. The minimum Gasteiger partial charge on any atom is -0.333 e. The van der Waals surface area contributed by atoms with E-state index in [1.54, 1.807) is 14.0 Å². The average Bonchev–Trinajstić information content (AvgIpc) is 1.87. The molecule has 0 aromatic rings. The maximum absolute atomic E-state index is 10.9. The molecular weight excluding hydrogens is 128 g/mol. The van der Waals surface area contributed by atoms with E-state index in [1.807, 2.05) is 0 Å². The molecule has 0 unspecified atom stereocenters. The molecule has 0 rings (SSSR count). The molecule has 0 aromatic carbocycles. The van der Waals surface area contributed by atoms with Crippen LogP contribution in [0.4, 0.5) is 0 Å². The number of carbonyl (C=O) groups is 1. The Kier molecular flexibility index (Phi) is 3.52. The summed E-state index contributed by atoms with van der Waals surface area (Å²) in [6.45, 7) is 1.95. The van der Waals surface area contributed by atoms with Gasteiger partial charge in [-0.1, -0.05) is 5.92 Å². The SMILES string of the molecule is C#CCN(C)C(=O)[C@H](C)N. The molecule has 0 bridgehead atoms. The summed E-state index contributed by atoms with van der Waals surface area (Å²) in [5.41, 5.74) is 5.31. The minimum absolute atomic E-state index is 0.127. The summed E-state index contributed by atoms with van der Waals surface area (Å²) >= 11 is 0. The zero-order valence-electron chi connectivity index (χ0n) is 6.29. The van der Waals surface area contributed by atoms with Crippen LogP contribution in [0.25, 0.3) is 0 Å². The van der Waals surface area contributed by atoms with Crippen molar-refractivity contribution in [3.63, 3.8) is 0 Å². The third-order valence-electron chi connectivity index (χ3n) is 1.09. The molecule has 0 saturated carbocycles. The summed E-state index contributed by atoms with van der Waals surface area (Å²) in [5, 5.41) is 0. The lowest BCUT2D eigenvalue weighted by Crippen LogP contribution is -2.39. The van der Waals surface area contributed by atoms with Crippen LogP contribution in [0.1, 0.15) is 6.92 Å². The van der Waals surface area contributed by atoms with E-state index in [-0.39, 0.29) is 5.91 Å². The Hall–Kier alpha value is -1.01. The highest BCUT2D eigenvalue weighted by Gasteiger charge is 2.10. The van der Waals surface area contributed by atoms with Gasteiger partial charge in [0, 0.05) is 7.05 Å². The first kappa shape index (κ1) is 8.99. The Bertz CT molecular complexity index is 157. The topological polar surface area (TPSA) is 46.3 Å². The van der Waals surface area contributed by atoms with Crippen LogP contribution < -0.4 is 5.73 Å². The lowest BCUT2D eigenvalue weighted by Gasteiger charge is -2.15. The molecule has 0 radical (unpaired) electrons. The van der Waals surface area contributed by atoms with Crippen molar-refractivity contribution in [1.29, 1.82) is 0 Å². The summed E-state index contributed by atoms with van der Waals surface area (Å²) in [4.78, 5) is 12.4. The highest BCUT2D eigenvalue weighted by molar-refractivity contribution is 5.81. The van der Waals surface area contributed by atoms with E-state index in [0.717, 1.165) is 0 Å². The molecule has 0 aliphatic carbocycles. The molecule has 3 heteroatoms. The van der Waals surface area contributed by atoms with Gasteiger partial charge >= 0.3 is 0 Å². The van der Waals surface area contributed by atoms with E-state index in [0.29, 0.717) is 6.54 Å². The number of carbonyl (C=O) groups excluding carboxylic acids is 1. The number of likely N-dealkylation sites (N-methyl/N-ethyl adjacent to an activating group) is 1. The normalized spacial score (nSPS) is 11.8. The summed E-state index contributed by atoms with van der Waals surface area (Å²) in [5.74, 6) is 2.23. The zero-order chi connectivity index (χ0) is 8.15. The lowest BCUT2D eigenvalue weighted by molar-refractivity contribution is -0.130. The van der Waals surface area contributed by atoms with Gasteiger partial charge in [0.1, 0.15) is 0 Å². The molecule has 1 amide bonds. The molecule has 0 aromatic heterocycles. The van der Waals surface area contributed by atoms with E-state index < -0.39 is 6.04 Å². The van der Waals surface area contributed by atoms with Gasteiger partial charge in [-0.3, -0.25) is 4.79 Å². The zero-order valence-corrected chi connectivity index (χ0v) is 6.29. The first-order valence-electron chi connectivity index (χ1n) is 3.03. The highest BCUT2D eigenvalue weighted by atomic mass is 16.2. The fraction of sp³-hybridized carbons (Fsp3) is 0.571. The molecule has 0 fully saturated rings. The number of rotatable bonds is 2. The van der Waals surface area contributed by atoms with Gasteiger partial charge in [-0.2, -0.15) is 0 Å². The van der Waals surface area contributed by atoms with Crippen LogP contribution in [0.3, 0.4) is 0 Å². The lowest BCUT2D eigenvalue weighted by atomic mass is 10.3. The Balaban J connectivity index is 3.85. The van der Waals surface area contributed by atoms with Crippen LogP contribution in [0.2, 0.25) is 0 Å². The average molecular weight is 140 g/mol. The number of hydrogen-bond acceptors (Lipinski definition) is 2.